The number of aliphatic imine (C=N–C) groups is 1. The zero-order valence-electron chi connectivity index (χ0n) is 8.94. The molecule has 1 rings (SSSR count). The minimum Gasteiger partial charge on any atom is -0.256 e. The molecular formula is C9H10F3N3OS. The van der Waals surface area contributed by atoms with Crippen LogP contribution in [0.15, 0.2) is 21.1 Å². The van der Waals surface area contributed by atoms with Crippen molar-refractivity contribution < 1.29 is 17.4 Å². The molecule has 0 bridgehead atoms. The third kappa shape index (κ3) is 4.19. The summed E-state index contributed by atoms with van der Waals surface area (Å²) >= 11 is 0. The summed E-state index contributed by atoms with van der Waals surface area (Å²) in [7, 11) is -2.67. The van der Waals surface area contributed by atoms with Crippen molar-refractivity contribution in [3.63, 3.8) is 0 Å². The van der Waals surface area contributed by atoms with Crippen LogP contribution in [0.1, 0.15) is 6.42 Å². The van der Waals surface area contributed by atoms with E-state index in [2.05, 4.69) is 9.36 Å². The highest BCUT2D eigenvalue weighted by Crippen LogP contribution is 2.29. The highest BCUT2D eigenvalue weighted by molar-refractivity contribution is 7.93. The van der Waals surface area contributed by atoms with Crippen LogP contribution in [0.25, 0.3) is 0 Å². The van der Waals surface area contributed by atoms with Gasteiger partial charge in [-0.3, -0.25) is 4.99 Å². The molecule has 1 heterocycles. The van der Waals surface area contributed by atoms with E-state index in [1.54, 1.807) is 0 Å². The predicted octanol–water partition coefficient (Wildman–Crippen LogP) is 2.10. The molecule has 17 heavy (non-hydrogen) atoms. The van der Waals surface area contributed by atoms with Crippen molar-refractivity contribution in [2.75, 3.05) is 12.0 Å². The lowest BCUT2D eigenvalue weighted by molar-refractivity contribution is -0.0927. The smallest absolute Gasteiger partial charge is 0.256 e. The molecule has 0 aliphatic carbocycles. The molecule has 0 aromatic heterocycles. The largest absolute Gasteiger partial charge is 0.432 e. The standard InChI is InChI=1S/C9H10F3N3OS/c1-17(16,15-6-13)5-7-2-3-8(14-4-7)9(10,11)12/h3-4,7H,2,5H2,1H3. The highest BCUT2D eigenvalue weighted by atomic mass is 32.2. The summed E-state index contributed by atoms with van der Waals surface area (Å²) in [5.41, 5.74) is -0.937. The molecule has 0 aromatic carbocycles. The maximum absolute atomic E-state index is 12.2. The number of allylic oxidation sites excluding steroid dienone is 2. The molecule has 0 fully saturated rings. The summed E-state index contributed by atoms with van der Waals surface area (Å²) < 4.78 is 51.6. The quantitative estimate of drug-likeness (QED) is 0.717. The first-order valence-electron chi connectivity index (χ1n) is 4.64. The van der Waals surface area contributed by atoms with Gasteiger partial charge in [-0.25, -0.2) is 4.21 Å². The fourth-order valence-electron chi connectivity index (χ4n) is 1.38. The second-order valence-corrected chi connectivity index (χ2v) is 6.11. The first kappa shape index (κ1) is 13.7. The predicted molar refractivity (Wildman–Crippen MR) is 57.7 cm³/mol. The summed E-state index contributed by atoms with van der Waals surface area (Å²) in [6.45, 7) is 0. The van der Waals surface area contributed by atoms with Gasteiger partial charge in [-0.1, -0.05) is 6.08 Å². The minimum absolute atomic E-state index is 0.0334. The average molecular weight is 265 g/mol. The van der Waals surface area contributed by atoms with Gasteiger partial charge in [0.15, 0.2) is 0 Å². The van der Waals surface area contributed by atoms with Gasteiger partial charge in [0.05, 0.1) is 9.73 Å². The van der Waals surface area contributed by atoms with E-state index < -0.39 is 21.6 Å². The monoisotopic (exact) mass is 265 g/mol. The zero-order chi connectivity index (χ0) is 13.1. The number of rotatable bonds is 2. The van der Waals surface area contributed by atoms with Gasteiger partial charge in [-0.15, -0.1) is 4.36 Å². The highest BCUT2D eigenvalue weighted by Gasteiger charge is 2.34. The van der Waals surface area contributed by atoms with Crippen LogP contribution < -0.4 is 0 Å². The van der Waals surface area contributed by atoms with E-state index >= 15 is 0 Å². The molecule has 1 aliphatic rings. The Kier molecular flexibility index (Phi) is 3.93. The van der Waals surface area contributed by atoms with Crippen LogP contribution in [-0.4, -0.2) is 28.6 Å². The van der Waals surface area contributed by atoms with E-state index in [4.69, 9.17) is 5.26 Å². The summed E-state index contributed by atoms with van der Waals surface area (Å²) in [6.07, 6.45) is 0.477. The van der Waals surface area contributed by atoms with Gasteiger partial charge in [0, 0.05) is 24.1 Å². The fraction of sp³-hybridized carbons (Fsp3) is 0.556. The molecule has 0 spiro atoms. The number of nitriles is 1. The van der Waals surface area contributed by atoms with Crippen molar-refractivity contribution in [3.8, 4) is 6.19 Å². The molecule has 0 radical (unpaired) electrons. The molecule has 0 amide bonds. The van der Waals surface area contributed by atoms with Crippen LogP contribution in [0.4, 0.5) is 13.2 Å². The first-order chi connectivity index (χ1) is 7.74. The van der Waals surface area contributed by atoms with Gasteiger partial charge in [-0.05, 0) is 6.42 Å². The zero-order valence-corrected chi connectivity index (χ0v) is 9.75. The second-order valence-electron chi connectivity index (χ2n) is 3.68. The van der Waals surface area contributed by atoms with Gasteiger partial charge in [0.1, 0.15) is 5.70 Å². The number of alkyl halides is 3. The van der Waals surface area contributed by atoms with E-state index in [-0.39, 0.29) is 18.1 Å². The number of nitrogens with zero attached hydrogens (tertiary/aromatic N) is 3. The summed E-state index contributed by atoms with van der Waals surface area (Å²) in [5, 5.41) is 8.29. The van der Waals surface area contributed by atoms with Crippen molar-refractivity contribution in [1.82, 2.24) is 0 Å². The summed E-state index contributed by atoms with van der Waals surface area (Å²) in [6, 6.07) is 0. The molecule has 8 heteroatoms. The van der Waals surface area contributed by atoms with Crippen molar-refractivity contribution in [2.24, 2.45) is 15.3 Å². The van der Waals surface area contributed by atoms with Gasteiger partial charge >= 0.3 is 6.18 Å². The van der Waals surface area contributed by atoms with E-state index in [0.717, 1.165) is 12.3 Å². The fourth-order valence-corrected chi connectivity index (χ4v) is 2.65. The van der Waals surface area contributed by atoms with E-state index in [0.29, 0.717) is 0 Å². The lowest BCUT2D eigenvalue weighted by Crippen LogP contribution is -2.20. The molecule has 0 N–H and O–H groups in total. The summed E-state index contributed by atoms with van der Waals surface area (Å²) in [4.78, 5) is 3.29. The van der Waals surface area contributed by atoms with E-state index in [9.17, 15) is 17.4 Å². The number of halogens is 3. The van der Waals surface area contributed by atoms with E-state index in [1.165, 1.54) is 12.4 Å². The van der Waals surface area contributed by atoms with Gasteiger partial charge in [-0.2, -0.15) is 18.4 Å². The minimum atomic E-state index is -4.45. The molecule has 0 aromatic rings. The maximum Gasteiger partial charge on any atom is 0.432 e. The lowest BCUT2D eigenvalue weighted by Gasteiger charge is -2.16. The van der Waals surface area contributed by atoms with Crippen molar-refractivity contribution in [3.05, 3.63) is 11.8 Å². The average Bonchev–Trinajstić information content (AvgIpc) is 2.16. The molecule has 1 aliphatic heterocycles. The third-order valence-electron chi connectivity index (χ3n) is 2.09. The van der Waals surface area contributed by atoms with Gasteiger partial charge < -0.3 is 0 Å². The van der Waals surface area contributed by atoms with Crippen molar-refractivity contribution in [1.29, 1.82) is 5.26 Å². The topological polar surface area (TPSA) is 65.6 Å². The molecular weight excluding hydrogens is 255 g/mol. The van der Waals surface area contributed by atoms with Crippen LogP contribution in [-0.2, 0) is 9.73 Å². The van der Waals surface area contributed by atoms with Crippen molar-refractivity contribution in [2.45, 2.75) is 12.6 Å². The van der Waals surface area contributed by atoms with Gasteiger partial charge in [0.25, 0.3) is 0 Å². The lowest BCUT2D eigenvalue weighted by atomic mass is 10.1. The Morgan fingerprint density at radius 3 is 2.76 bits per heavy atom. The van der Waals surface area contributed by atoms with Crippen LogP contribution in [0, 0.1) is 17.4 Å². The van der Waals surface area contributed by atoms with Crippen molar-refractivity contribution >= 4 is 15.9 Å². The number of hydrogen-bond acceptors (Lipinski definition) is 4. The maximum atomic E-state index is 12.2. The molecule has 2 atom stereocenters. The molecule has 94 valence electrons. The first-order valence-corrected chi connectivity index (χ1v) is 6.73. The van der Waals surface area contributed by atoms with Gasteiger partial charge in [0.2, 0.25) is 6.19 Å². The Balaban J connectivity index is 2.71. The Morgan fingerprint density at radius 1 is 1.71 bits per heavy atom. The summed E-state index contributed by atoms with van der Waals surface area (Å²) in [5.74, 6) is -0.346. The second kappa shape index (κ2) is 4.87. The van der Waals surface area contributed by atoms with E-state index in [1.807, 2.05) is 0 Å². The Hall–Kier alpha value is -1.36. The van der Waals surface area contributed by atoms with Crippen LogP contribution in [0.5, 0.6) is 0 Å². The molecule has 4 nitrogen and oxygen atoms in total. The Labute approximate surface area is 97.0 Å². The van der Waals surface area contributed by atoms with Crippen LogP contribution >= 0.6 is 0 Å². The number of hydrogen-bond donors (Lipinski definition) is 0. The molecule has 0 saturated heterocycles. The molecule has 2 unspecified atom stereocenters. The Morgan fingerprint density at radius 2 is 2.35 bits per heavy atom. The van der Waals surface area contributed by atoms with Crippen LogP contribution in [0.3, 0.4) is 0 Å². The SMILES string of the molecule is CS(=O)(CC1C=NC(C(F)(F)F)=CC1)=NC#N. The molecule has 0 saturated carbocycles. The third-order valence-corrected chi connectivity index (χ3v) is 3.60. The van der Waals surface area contributed by atoms with Crippen LogP contribution in [0.2, 0.25) is 0 Å². The normalized spacial score (nSPS) is 23.5. The Bertz CT molecular complexity index is 507.